The quantitative estimate of drug-likeness (QED) is 0.561. The molecule has 0 aromatic heterocycles. The summed E-state index contributed by atoms with van der Waals surface area (Å²) >= 11 is 1.86. The Kier molecular flexibility index (Phi) is 6.12. The van der Waals surface area contributed by atoms with Gasteiger partial charge in [-0.05, 0) is 43.3 Å². The first kappa shape index (κ1) is 16.4. The lowest BCUT2D eigenvalue weighted by atomic mass is 9.87. The van der Waals surface area contributed by atoms with E-state index < -0.39 is 5.54 Å². The first-order chi connectivity index (χ1) is 10.2. The van der Waals surface area contributed by atoms with Gasteiger partial charge in [-0.1, -0.05) is 37.3 Å². The van der Waals surface area contributed by atoms with Gasteiger partial charge in [-0.15, -0.1) is 0 Å². The van der Waals surface area contributed by atoms with Gasteiger partial charge in [0.1, 0.15) is 5.54 Å². The van der Waals surface area contributed by atoms with Crippen LogP contribution in [-0.2, 0) is 15.1 Å². The Morgan fingerprint density at radius 1 is 1.33 bits per heavy atom. The molecule has 1 unspecified atom stereocenters. The second-order valence-corrected chi connectivity index (χ2v) is 6.75. The highest BCUT2D eigenvalue weighted by molar-refractivity contribution is 7.99. The van der Waals surface area contributed by atoms with Crippen LogP contribution in [0.25, 0.3) is 0 Å². The Hall–Kier alpha value is -1.00. The van der Waals surface area contributed by atoms with Crippen molar-refractivity contribution in [2.45, 2.75) is 44.7 Å². The summed E-state index contributed by atoms with van der Waals surface area (Å²) < 4.78 is 5.41. The van der Waals surface area contributed by atoms with Crippen molar-refractivity contribution in [3.8, 4) is 0 Å². The summed E-state index contributed by atoms with van der Waals surface area (Å²) in [6, 6.07) is 10.5. The maximum atomic E-state index is 12.7. The van der Waals surface area contributed by atoms with Crippen LogP contribution in [0.2, 0.25) is 0 Å². The number of carbonyl (C=O) groups excluding carboxylic acids is 1. The summed E-state index contributed by atoms with van der Waals surface area (Å²) in [6.45, 7) is 4.43. The molecule has 0 saturated heterocycles. The van der Waals surface area contributed by atoms with Crippen molar-refractivity contribution in [1.29, 1.82) is 0 Å². The summed E-state index contributed by atoms with van der Waals surface area (Å²) in [5, 5.41) is 3.58. The first-order valence-corrected chi connectivity index (χ1v) is 8.96. The molecule has 0 radical (unpaired) electrons. The molecule has 1 fully saturated rings. The molecular formula is C17H25NO2S. The highest BCUT2D eigenvalue weighted by Gasteiger charge is 2.44. The van der Waals surface area contributed by atoms with Gasteiger partial charge in [0.2, 0.25) is 0 Å². The molecule has 0 heterocycles. The third-order valence-corrected chi connectivity index (χ3v) is 4.64. The summed E-state index contributed by atoms with van der Waals surface area (Å²) in [6.07, 6.45) is 3.06. The van der Waals surface area contributed by atoms with Gasteiger partial charge in [0.05, 0.1) is 6.61 Å². The molecule has 1 atom stereocenters. The van der Waals surface area contributed by atoms with Crippen molar-refractivity contribution in [2.24, 2.45) is 0 Å². The second-order valence-electron chi connectivity index (χ2n) is 5.36. The number of hydrogen-bond acceptors (Lipinski definition) is 4. The van der Waals surface area contributed by atoms with E-state index in [0.717, 1.165) is 36.3 Å². The minimum absolute atomic E-state index is 0.139. The van der Waals surface area contributed by atoms with Crippen molar-refractivity contribution < 1.29 is 9.53 Å². The predicted octanol–water partition coefficient (Wildman–Crippen LogP) is 3.34. The normalized spacial score (nSPS) is 17.2. The number of carbonyl (C=O) groups is 1. The molecule has 21 heavy (non-hydrogen) atoms. The van der Waals surface area contributed by atoms with Gasteiger partial charge in [0, 0.05) is 6.04 Å². The number of esters is 1. The number of hydrogen-bond donors (Lipinski definition) is 1. The lowest BCUT2D eigenvalue weighted by molar-refractivity contribution is -0.152. The zero-order chi connectivity index (χ0) is 15.1. The van der Waals surface area contributed by atoms with Crippen molar-refractivity contribution in [3.05, 3.63) is 35.9 Å². The average Bonchev–Trinajstić information content (AvgIpc) is 3.31. The van der Waals surface area contributed by atoms with E-state index in [1.165, 1.54) is 0 Å². The van der Waals surface area contributed by atoms with Crippen LogP contribution in [0.3, 0.4) is 0 Å². The number of benzene rings is 1. The van der Waals surface area contributed by atoms with E-state index in [9.17, 15) is 4.79 Å². The van der Waals surface area contributed by atoms with E-state index >= 15 is 0 Å². The molecule has 0 spiro atoms. The lowest BCUT2D eigenvalue weighted by Gasteiger charge is -2.33. The van der Waals surface area contributed by atoms with E-state index in [2.05, 4.69) is 12.2 Å². The van der Waals surface area contributed by atoms with E-state index in [-0.39, 0.29) is 5.97 Å². The monoisotopic (exact) mass is 307 g/mol. The zero-order valence-electron chi connectivity index (χ0n) is 12.9. The highest BCUT2D eigenvalue weighted by Crippen LogP contribution is 2.33. The molecule has 2 rings (SSSR count). The third kappa shape index (κ3) is 4.24. The van der Waals surface area contributed by atoms with Crippen LogP contribution in [0.1, 0.15) is 38.7 Å². The molecule has 0 amide bonds. The molecule has 0 aliphatic heterocycles. The van der Waals surface area contributed by atoms with Crippen LogP contribution in [0.15, 0.2) is 30.3 Å². The molecule has 1 aliphatic carbocycles. The van der Waals surface area contributed by atoms with E-state index in [4.69, 9.17) is 4.74 Å². The molecule has 4 heteroatoms. The summed E-state index contributed by atoms with van der Waals surface area (Å²) in [4.78, 5) is 12.7. The summed E-state index contributed by atoms with van der Waals surface area (Å²) in [5.74, 6) is 1.88. The van der Waals surface area contributed by atoms with Crippen LogP contribution in [-0.4, -0.2) is 30.1 Å². The number of thioether (sulfide) groups is 1. The van der Waals surface area contributed by atoms with Crippen LogP contribution >= 0.6 is 11.8 Å². The second kappa shape index (κ2) is 7.85. The van der Waals surface area contributed by atoms with Gasteiger partial charge in [0.15, 0.2) is 0 Å². The van der Waals surface area contributed by atoms with Gasteiger partial charge in [-0.2, -0.15) is 11.8 Å². The summed E-state index contributed by atoms with van der Waals surface area (Å²) in [7, 11) is 0. The zero-order valence-corrected chi connectivity index (χ0v) is 13.7. The minimum atomic E-state index is -0.694. The minimum Gasteiger partial charge on any atom is -0.464 e. The van der Waals surface area contributed by atoms with Crippen LogP contribution in [0, 0.1) is 0 Å². The van der Waals surface area contributed by atoms with Crippen LogP contribution in [0.4, 0.5) is 0 Å². The van der Waals surface area contributed by atoms with E-state index in [1.54, 1.807) is 0 Å². The molecule has 1 aliphatic rings. The molecule has 3 nitrogen and oxygen atoms in total. The standard InChI is InChI=1S/C17H25NO2S/c1-3-20-16(19)17(12-13-21-4-2,18-15-10-11-15)14-8-6-5-7-9-14/h5-9,15,18H,3-4,10-13H2,1-2H3. The lowest BCUT2D eigenvalue weighted by Crippen LogP contribution is -2.51. The maximum Gasteiger partial charge on any atom is 0.331 e. The van der Waals surface area contributed by atoms with Gasteiger partial charge >= 0.3 is 5.97 Å². The molecule has 1 aromatic rings. The Morgan fingerprint density at radius 2 is 2.05 bits per heavy atom. The molecular weight excluding hydrogens is 282 g/mol. The Bertz CT molecular complexity index is 447. The Morgan fingerprint density at radius 3 is 2.62 bits per heavy atom. The van der Waals surface area contributed by atoms with Gasteiger partial charge in [-0.3, -0.25) is 5.32 Å². The van der Waals surface area contributed by atoms with Crippen molar-refractivity contribution in [2.75, 3.05) is 18.1 Å². The fraction of sp³-hybridized carbons (Fsp3) is 0.588. The molecule has 116 valence electrons. The molecule has 1 N–H and O–H groups in total. The van der Waals surface area contributed by atoms with Gasteiger partial charge in [0.25, 0.3) is 0 Å². The van der Waals surface area contributed by atoms with Gasteiger partial charge in [-0.25, -0.2) is 4.79 Å². The number of ether oxygens (including phenoxy) is 1. The molecule has 1 aromatic carbocycles. The van der Waals surface area contributed by atoms with Crippen molar-refractivity contribution in [1.82, 2.24) is 5.32 Å². The summed E-state index contributed by atoms with van der Waals surface area (Å²) in [5.41, 5.74) is 0.327. The Labute approximate surface area is 131 Å². The largest absolute Gasteiger partial charge is 0.464 e. The van der Waals surface area contributed by atoms with E-state index in [0.29, 0.717) is 12.6 Å². The maximum absolute atomic E-state index is 12.7. The first-order valence-electron chi connectivity index (χ1n) is 7.81. The van der Waals surface area contributed by atoms with Crippen LogP contribution < -0.4 is 5.32 Å². The molecule has 1 saturated carbocycles. The Balaban J connectivity index is 2.28. The average molecular weight is 307 g/mol. The van der Waals surface area contributed by atoms with E-state index in [1.807, 2.05) is 49.0 Å². The fourth-order valence-electron chi connectivity index (χ4n) is 2.50. The molecule has 0 bridgehead atoms. The predicted molar refractivity (Wildman–Crippen MR) is 88.5 cm³/mol. The third-order valence-electron chi connectivity index (χ3n) is 3.74. The SMILES string of the molecule is CCOC(=O)C(CCSCC)(NC1CC1)c1ccccc1. The van der Waals surface area contributed by atoms with Crippen molar-refractivity contribution >= 4 is 17.7 Å². The van der Waals surface area contributed by atoms with Gasteiger partial charge < -0.3 is 4.74 Å². The topological polar surface area (TPSA) is 38.3 Å². The number of nitrogens with one attached hydrogen (secondary N) is 1. The smallest absolute Gasteiger partial charge is 0.331 e. The van der Waals surface area contributed by atoms with Crippen LogP contribution in [0.5, 0.6) is 0 Å². The number of rotatable bonds is 9. The van der Waals surface area contributed by atoms with Crippen molar-refractivity contribution in [3.63, 3.8) is 0 Å². The highest BCUT2D eigenvalue weighted by atomic mass is 32.2. The fourth-order valence-corrected chi connectivity index (χ4v) is 3.24.